The molecule has 2 heterocycles. The van der Waals surface area contributed by atoms with Crippen molar-refractivity contribution in [3.8, 4) is 0 Å². The summed E-state index contributed by atoms with van der Waals surface area (Å²) in [7, 11) is 0. The molecule has 0 saturated carbocycles. The molecule has 2 aliphatic rings. The fourth-order valence-electron chi connectivity index (χ4n) is 2.92. The van der Waals surface area contributed by atoms with Gasteiger partial charge in [0.1, 0.15) is 0 Å². The topological polar surface area (TPSA) is 61.4 Å². The molecule has 0 spiro atoms. The summed E-state index contributed by atoms with van der Waals surface area (Å²) >= 11 is 0. The number of piperidine rings is 2. The second-order valence-electron chi connectivity index (χ2n) is 5.56. The second kappa shape index (κ2) is 6.89. The van der Waals surface area contributed by atoms with Crippen molar-refractivity contribution in [2.75, 3.05) is 26.2 Å². The predicted molar refractivity (Wildman–Crippen MR) is 73.6 cm³/mol. The highest BCUT2D eigenvalue weighted by atomic mass is 16.2. The summed E-state index contributed by atoms with van der Waals surface area (Å²) in [5, 5.41) is 6.28. The highest BCUT2D eigenvalue weighted by Crippen LogP contribution is 2.16. The molecule has 2 unspecified atom stereocenters. The Hall–Kier alpha value is -1.10. The Morgan fingerprint density at radius 3 is 2.79 bits per heavy atom. The van der Waals surface area contributed by atoms with Crippen LogP contribution < -0.4 is 10.6 Å². The number of carbonyl (C=O) groups excluding carboxylic acids is 2. The summed E-state index contributed by atoms with van der Waals surface area (Å²) in [6.45, 7) is 5.16. The summed E-state index contributed by atoms with van der Waals surface area (Å²) in [4.78, 5) is 25.5. The molecule has 5 heteroatoms. The van der Waals surface area contributed by atoms with Crippen molar-refractivity contribution < 1.29 is 9.59 Å². The van der Waals surface area contributed by atoms with E-state index < -0.39 is 0 Å². The fraction of sp³-hybridized carbons (Fsp3) is 0.857. The number of nitrogens with zero attached hydrogens (tertiary/aromatic N) is 1. The summed E-state index contributed by atoms with van der Waals surface area (Å²) in [5.41, 5.74) is 0. The maximum absolute atomic E-state index is 12.5. The minimum absolute atomic E-state index is 0.0266. The molecule has 0 aromatic carbocycles. The Labute approximate surface area is 115 Å². The van der Waals surface area contributed by atoms with Gasteiger partial charge in [0.25, 0.3) is 0 Å². The number of nitrogens with one attached hydrogen (secondary N) is 2. The molecule has 19 heavy (non-hydrogen) atoms. The van der Waals surface area contributed by atoms with Crippen LogP contribution in [0.15, 0.2) is 0 Å². The van der Waals surface area contributed by atoms with Crippen LogP contribution in [0.3, 0.4) is 0 Å². The first-order valence-electron chi connectivity index (χ1n) is 7.49. The van der Waals surface area contributed by atoms with Gasteiger partial charge in [0.15, 0.2) is 0 Å². The molecule has 2 saturated heterocycles. The van der Waals surface area contributed by atoms with E-state index >= 15 is 0 Å². The minimum atomic E-state index is -0.0266. The number of hydrogen-bond donors (Lipinski definition) is 2. The van der Waals surface area contributed by atoms with Gasteiger partial charge in [-0.1, -0.05) is 6.42 Å². The first kappa shape index (κ1) is 14.3. The summed E-state index contributed by atoms with van der Waals surface area (Å²) in [5.74, 6) is 0.247. The van der Waals surface area contributed by atoms with Gasteiger partial charge in [-0.2, -0.15) is 0 Å². The number of rotatable bonds is 4. The summed E-state index contributed by atoms with van der Waals surface area (Å²) in [6.07, 6.45) is 4.83. The molecule has 2 amide bonds. The van der Waals surface area contributed by atoms with E-state index in [2.05, 4.69) is 10.6 Å². The lowest BCUT2D eigenvalue weighted by atomic mass is 9.97. The maximum atomic E-state index is 12.5. The number of hydrogen-bond acceptors (Lipinski definition) is 3. The lowest BCUT2D eigenvalue weighted by molar-refractivity contribution is -0.137. The van der Waals surface area contributed by atoms with E-state index in [-0.39, 0.29) is 17.7 Å². The largest absolute Gasteiger partial charge is 0.355 e. The first-order chi connectivity index (χ1) is 9.20. The van der Waals surface area contributed by atoms with Crippen LogP contribution >= 0.6 is 0 Å². The van der Waals surface area contributed by atoms with Crippen molar-refractivity contribution in [1.29, 1.82) is 0 Å². The molecule has 0 bridgehead atoms. The van der Waals surface area contributed by atoms with Crippen LogP contribution in [0.4, 0.5) is 0 Å². The molecule has 108 valence electrons. The maximum Gasteiger partial charge on any atom is 0.227 e. The Bertz CT molecular complexity index is 317. The van der Waals surface area contributed by atoms with Gasteiger partial charge < -0.3 is 15.5 Å². The zero-order chi connectivity index (χ0) is 13.7. The Morgan fingerprint density at radius 1 is 1.37 bits per heavy atom. The van der Waals surface area contributed by atoms with Gasteiger partial charge in [-0.25, -0.2) is 0 Å². The van der Waals surface area contributed by atoms with Gasteiger partial charge in [-0.05, 0) is 32.7 Å². The zero-order valence-corrected chi connectivity index (χ0v) is 11.8. The Kier molecular flexibility index (Phi) is 5.19. The van der Waals surface area contributed by atoms with Crippen LogP contribution in [0.25, 0.3) is 0 Å². The molecule has 2 aliphatic heterocycles. The van der Waals surface area contributed by atoms with Gasteiger partial charge in [-0.3, -0.25) is 9.59 Å². The van der Waals surface area contributed by atoms with E-state index in [9.17, 15) is 9.59 Å². The number of likely N-dealkylation sites (N-methyl/N-ethyl adjacent to an activating group) is 1. The van der Waals surface area contributed by atoms with Crippen molar-refractivity contribution in [3.63, 3.8) is 0 Å². The third kappa shape index (κ3) is 3.93. The summed E-state index contributed by atoms with van der Waals surface area (Å²) < 4.78 is 0. The zero-order valence-electron chi connectivity index (χ0n) is 11.8. The molecule has 2 atom stereocenters. The average molecular weight is 267 g/mol. The third-order valence-corrected chi connectivity index (χ3v) is 4.16. The lowest BCUT2D eigenvalue weighted by Crippen LogP contribution is -2.50. The highest BCUT2D eigenvalue weighted by molar-refractivity contribution is 5.83. The number of carbonyl (C=O) groups is 2. The van der Waals surface area contributed by atoms with Gasteiger partial charge in [-0.15, -0.1) is 0 Å². The van der Waals surface area contributed by atoms with Crippen LogP contribution in [0.5, 0.6) is 0 Å². The standard InChI is InChI=1S/C14H25N3O2/c1-2-17(10-12-5-3-4-8-15-12)14(19)11-6-7-13(18)16-9-11/h11-12,15H,2-10H2,1H3,(H,16,18). The molecule has 2 fully saturated rings. The van der Waals surface area contributed by atoms with Gasteiger partial charge >= 0.3 is 0 Å². The van der Waals surface area contributed by atoms with Gasteiger partial charge in [0, 0.05) is 32.1 Å². The smallest absolute Gasteiger partial charge is 0.227 e. The van der Waals surface area contributed by atoms with E-state index in [1.54, 1.807) is 0 Å². The highest BCUT2D eigenvalue weighted by Gasteiger charge is 2.29. The van der Waals surface area contributed by atoms with Crippen molar-refractivity contribution in [2.45, 2.75) is 45.1 Å². The third-order valence-electron chi connectivity index (χ3n) is 4.16. The summed E-state index contributed by atoms with van der Waals surface area (Å²) in [6, 6.07) is 0.441. The van der Waals surface area contributed by atoms with Crippen LogP contribution in [-0.2, 0) is 9.59 Å². The fourth-order valence-corrected chi connectivity index (χ4v) is 2.92. The van der Waals surface area contributed by atoms with E-state index in [0.717, 1.165) is 26.1 Å². The van der Waals surface area contributed by atoms with Crippen LogP contribution in [-0.4, -0.2) is 48.9 Å². The van der Waals surface area contributed by atoms with Crippen molar-refractivity contribution in [3.05, 3.63) is 0 Å². The number of amides is 2. The van der Waals surface area contributed by atoms with Gasteiger partial charge in [0.05, 0.1) is 5.92 Å². The van der Waals surface area contributed by atoms with E-state index in [1.165, 1.54) is 12.8 Å². The van der Waals surface area contributed by atoms with Gasteiger partial charge in [0.2, 0.25) is 11.8 Å². The average Bonchev–Trinajstić information content (AvgIpc) is 2.46. The minimum Gasteiger partial charge on any atom is -0.355 e. The molecule has 2 N–H and O–H groups in total. The normalized spacial score (nSPS) is 27.7. The van der Waals surface area contributed by atoms with Crippen molar-refractivity contribution >= 4 is 11.8 Å². The van der Waals surface area contributed by atoms with E-state index in [0.29, 0.717) is 25.4 Å². The SMILES string of the molecule is CCN(CC1CCCCN1)C(=O)C1CCC(=O)NC1. The molecule has 0 radical (unpaired) electrons. The Balaban J connectivity index is 1.85. The molecule has 0 aromatic heterocycles. The van der Waals surface area contributed by atoms with E-state index in [1.807, 2.05) is 11.8 Å². The van der Waals surface area contributed by atoms with E-state index in [4.69, 9.17) is 0 Å². The molecule has 2 rings (SSSR count). The lowest BCUT2D eigenvalue weighted by Gasteiger charge is -2.33. The van der Waals surface area contributed by atoms with Crippen molar-refractivity contribution in [1.82, 2.24) is 15.5 Å². The second-order valence-corrected chi connectivity index (χ2v) is 5.56. The quantitative estimate of drug-likeness (QED) is 0.780. The molecule has 5 nitrogen and oxygen atoms in total. The monoisotopic (exact) mass is 267 g/mol. The Morgan fingerprint density at radius 2 is 2.21 bits per heavy atom. The predicted octanol–water partition coefficient (Wildman–Crippen LogP) is 0.503. The van der Waals surface area contributed by atoms with Crippen LogP contribution in [0, 0.1) is 5.92 Å². The molecule has 0 aliphatic carbocycles. The molecule has 0 aromatic rings. The van der Waals surface area contributed by atoms with Crippen molar-refractivity contribution in [2.24, 2.45) is 5.92 Å². The van der Waals surface area contributed by atoms with Crippen LogP contribution in [0.1, 0.15) is 39.0 Å². The molecular formula is C14H25N3O2. The first-order valence-corrected chi connectivity index (χ1v) is 7.49. The van der Waals surface area contributed by atoms with Crippen LogP contribution in [0.2, 0.25) is 0 Å². The molecular weight excluding hydrogens is 242 g/mol.